The molecular formula is C11H15N5O. The van der Waals surface area contributed by atoms with Crippen molar-refractivity contribution in [3.8, 4) is 0 Å². The maximum atomic E-state index is 4.75. The highest BCUT2D eigenvalue weighted by Crippen LogP contribution is 2.10. The summed E-state index contributed by atoms with van der Waals surface area (Å²) in [4.78, 5) is 8.60. The first-order chi connectivity index (χ1) is 8.28. The highest BCUT2D eigenvalue weighted by molar-refractivity contribution is 5.42. The summed E-state index contributed by atoms with van der Waals surface area (Å²) in [5.41, 5.74) is 1.75. The van der Waals surface area contributed by atoms with Crippen molar-refractivity contribution in [3.63, 3.8) is 0 Å². The Labute approximate surface area is 99.5 Å². The Morgan fingerprint density at radius 1 is 1.29 bits per heavy atom. The summed E-state index contributed by atoms with van der Waals surface area (Å²) in [7, 11) is 0. The molecule has 0 saturated heterocycles. The van der Waals surface area contributed by atoms with Crippen LogP contribution >= 0.6 is 0 Å². The van der Waals surface area contributed by atoms with E-state index < -0.39 is 0 Å². The van der Waals surface area contributed by atoms with Gasteiger partial charge in [0.05, 0.1) is 6.54 Å². The van der Waals surface area contributed by atoms with Crippen LogP contribution in [0.4, 0.5) is 11.8 Å². The second-order valence-corrected chi connectivity index (χ2v) is 3.59. The standard InChI is InChI=1S/C11H15N5O/c1-3-12-11-14-8(2)6-10(15-11)13-7-9-4-5-17-16-9/h4-6H,3,7H2,1-2H3,(H2,12,13,14,15). The van der Waals surface area contributed by atoms with Crippen LogP contribution in [0.3, 0.4) is 0 Å². The summed E-state index contributed by atoms with van der Waals surface area (Å²) in [6.45, 7) is 5.32. The van der Waals surface area contributed by atoms with Gasteiger partial charge in [0, 0.05) is 24.4 Å². The molecule has 0 radical (unpaired) electrons. The van der Waals surface area contributed by atoms with E-state index in [1.165, 1.54) is 0 Å². The van der Waals surface area contributed by atoms with Gasteiger partial charge in [0.15, 0.2) is 0 Å². The van der Waals surface area contributed by atoms with E-state index >= 15 is 0 Å². The quantitative estimate of drug-likeness (QED) is 0.820. The van der Waals surface area contributed by atoms with Crippen molar-refractivity contribution in [1.29, 1.82) is 0 Å². The molecule has 2 rings (SSSR count). The fourth-order valence-corrected chi connectivity index (χ4v) is 1.41. The van der Waals surface area contributed by atoms with Crippen molar-refractivity contribution in [3.05, 3.63) is 29.8 Å². The maximum Gasteiger partial charge on any atom is 0.224 e. The molecule has 90 valence electrons. The summed E-state index contributed by atoms with van der Waals surface area (Å²) >= 11 is 0. The minimum Gasteiger partial charge on any atom is -0.364 e. The van der Waals surface area contributed by atoms with Crippen LogP contribution in [0.2, 0.25) is 0 Å². The van der Waals surface area contributed by atoms with Crippen LogP contribution in [0.5, 0.6) is 0 Å². The van der Waals surface area contributed by atoms with Crippen LogP contribution in [-0.2, 0) is 6.54 Å². The third-order valence-electron chi connectivity index (χ3n) is 2.13. The summed E-state index contributed by atoms with van der Waals surface area (Å²) in [5.74, 6) is 1.41. The molecule has 0 amide bonds. The summed E-state index contributed by atoms with van der Waals surface area (Å²) in [6, 6.07) is 3.70. The van der Waals surface area contributed by atoms with Crippen molar-refractivity contribution in [2.45, 2.75) is 20.4 Å². The van der Waals surface area contributed by atoms with Gasteiger partial charge in [0.1, 0.15) is 17.8 Å². The SMILES string of the molecule is CCNc1nc(C)cc(NCc2ccon2)n1. The number of aromatic nitrogens is 3. The molecule has 0 atom stereocenters. The highest BCUT2D eigenvalue weighted by Gasteiger charge is 2.02. The minimum atomic E-state index is 0.582. The van der Waals surface area contributed by atoms with Crippen LogP contribution in [-0.4, -0.2) is 21.7 Å². The Bertz CT molecular complexity index is 469. The van der Waals surface area contributed by atoms with E-state index in [4.69, 9.17) is 4.52 Å². The topological polar surface area (TPSA) is 75.9 Å². The van der Waals surface area contributed by atoms with Crippen LogP contribution in [0, 0.1) is 6.92 Å². The Hall–Kier alpha value is -2.11. The van der Waals surface area contributed by atoms with E-state index in [0.29, 0.717) is 12.5 Å². The van der Waals surface area contributed by atoms with Gasteiger partial charge >= 0.3 is 0 Å². The lowest BCUT2D eigenvalue weighted by molar-refractivity contribution is 0.412. The minimum absolute atomic E-state index is 0.582. The molecule has 0 aliphatic rings. The summed E-state index contributed by atoms with van der Waals surface area (Å²) in [6.07, 6.45) is 1.55. The van der Waals surface area contributed by atoms with Crippen molar-refractivity contribution in [2.75, 3.05) is 17.2 Å². The van der Waals surface area contributed by atoms with Crippen LogP contribution in [0.1, 0.15) is 18.3 Å². The molecule has 0 aromatic carbocycles. The smallest absolute Gasteiger partial charge is 0.224 e. The number of anilines is 2. The predicted octanol–water partition coefficient (Wildman–Crippen LogP) is 1.82. The molecule has 0 spiro atoms. The second kappa shape index (κ2) is 5.29. The molecule has 6 heteroatoms. The van der Waals surface area contributed by atoms with Crippen molar-refractivity contribution in [1.82, 2.24) is 15.1 Å². The molecule has 0 unspecified atom stereocenters. The van der Waals surface area contributed by atoms with E-state index in [1.807, 2.05) is 26.0 Å². The average molecular weight is 233 g/mol. The summed E-state index contributed by atoms with van der Waals surface area (Å²) < 4.78 is 4.75. The van der Waals surface area contributed by atoms with Crippen molar-refractivity contribution < 1.29 is 4.52 Å². The first kappa shape index (κ1) is 11.4. The fourth-order valence-electron chi connectivity index (χ4n) is 1.41. The van der Waals surface area contributed by atoms with Gasteiger partial charge in [-0.05, 0) is 13.8 Å². The molecule has 0 saturated carbocycles. The number of rotatable bonds is 5. The van der Waals surface area contributed by atoms with Crippen molar-refractivity contribution >= 4 is 11.8 Å². The molecule has 2 heterocycles. The monoisotopic (exact) mass is 233 g/mol. The molecule has 2 N–H and O–H groups in total. The molecule has 2 aromatic rings. The molecule has 0 aliphatic heterocycles. The zero-order valence-corrected chi connectivity index (χ0v) is 9.90. The average Bonchev–Trinajstić information content (AvgIpc) is 2.79. The predicted molar refractivity (Wildman–Crippen MR) is 64.8 cm³/mol. The molecule has 0 fully saturated rings. The maximum absolute atomic E-state index is 4.75. The zero-order valence-electron chi connectivity index (χ0n) is 9.90. The first-order valence-electron chi connectivity index (χ1n) is 5.50. The van der Waals surface area contributed by atoms with Gasteiger partial charge in [-0.25, -0.2) is 4.98 Å². The van der Waals surface area contributed by atoms with Gasteiger partial charge in [-0.2, -0.15) is 4.98 Å². The normalized spacial score (nSPS) is 10.2. The number of aryl methyl sites for hydroxylation is 1. The van der Waals surface area contributed by atoms with E-state index in [-0.39, 0.29) is 0 Å². The second-order valence-electron chi connectivity index (χ2n) is 3.59. The largest absolute Gasteiger partial charge is 0.364 e. The number of nitrogens with one attached hydrogen (secondary N) is 2. The Morgan fingerprint density at radius 3 is 2.88 bits per heavy atom. The third kappa shape index (κ3) is 3.17. The lowest BCUT2D eigenvalue weighted by Crippen LogP contribution is -2.07. The van der Waals surface area contributed by atoms with E-state index in [0.717, 1.165) is 23.8 Å². The molecule has 6 nitrogen and oxygen atoms in total. The van der Waals surface area contributed by atoms with Crippen LogP contribution in [0.15, 0.2) is 22.9 Å². The van der Waals surface area contributed by atoms with Gasteiger partial charge < -0.3 is 15.2 Å². The van der Waals surface area contributed by atoms with Crippen LogP contribution < -0.4 is 10.6 Å². The van der Waals surface area contributed by atoms with Gasteiger partial charge in [-0.1, -0.05) is 5.16 Å². The van der Waals surface area contributed by atoms with Gasteiger partial charge in [-0.3, -0.25) is 0 Å². The van der Waals surface area contributed by atoms with Crippen LogP contribution in [0.25, 0.3) is 0 Å². The molecule has 0 aliphatic carbocycles. The van der Waals surface area contributed by atoms with E-state index in [1.54, 1.807) is 6.26 Å². The molecule has 0 bridgehead atoms. The Morgan fingerprint density at radius 2 is 2.18 bits per heavy atom. The van der Waals surface area contributed by atoms with Gasteiger partial charge in [-0.15, -0.1) is 0 Å². The highest BCUT2D eigenvalue weighted by atomic mass is 16.5. The number of nitrogens with zero attached hydrogens (tertiary/aromatic N) is 3. The zero-order chi connectivity index (χ0) is 12.1. The van der Waals surface area contributed by atoms with E-state index in [9.17, 15) is 0 Å². The Balaban J connectivity index is 2.04. The molecule has 17 heavy (non-hydrogen) atoms. The first-order valence-corrected chi connectivity index (χ1v) is 5.50. The van der Waals surface area contributed by atoms with E-state index in [2.05, 4.69) is 25.8 Å². The summed E-state index contributed by atoms with van der Waals surface area (Å²) in [5, 5.41) is 10.1. The lowest BCUT2D eigenvalue weighted by Gasteiger charge is -2.07. The molecule has 2 aromatic heterocycles. The number of hydrogen-bond acceptors (Lipinski definition) is 6. The Kier molecular flexibility index (Phi) is 3.54. The van der Waals surface area contributed by atoms with Crippen molar-refractivity contribution in [2.24, 2.45) is 0 Å². The van der Waals surface area contributed by atoms with Gasteiger partial charge in [0.25, 0.3) is 0 Å². The fraction of sp³-hybridized carbons (Fsp3) is 0.364. The molecular weight excluding hydrogens is 218 g/mol. The van der Waals surface area contributed by atoms with Gasteiger partial charge in [0.2, 0.25) is 5.95 Å². The third-order valence-corrected chi connectivity index (χ3v) is 2.13. The lowest BCUT2D eigenvalue weighted by atomic mass is 10.4. The number of hydrogen-bond donors (Lipinski definition) is 2.